The molecule has 1 aromatic heterocycles. The van der Waals surface area contributed by atoms with E-state index in [9.17, 15) is 19.1 Å². The van der Waals surface area contributed by atoms with Crippen LogP contribution in [0.15, 0.2) is 36.4 Å². The summed E-state index contributed by atoms with van der Waals surface area (Å²) in [6.07, 6.45) is 1.29. The van der Waals surface area contributed by atoms with Gasteiger partial charge in [-0.3, -0.25) is 4.90 Å². The van der Waals surface area contributed by atoms with Crippen LogP contribution in [0.2, 0.25) is 0 Å². The number of hydrogen-bond acceptors (Lipinski definition) is 5. The SMILES string of the molecule is CCCCCC(F)c1ccc(N2C(=O)OCC2[C@H](OC)c2ccc(C(=O)O)s2)cc1. The van der Waals surface area contributed by atoms with Crippen LogP contribution in [0.3, 0.4) is 0 Å². The van der Waals surface area contributed by atoms with E-state index in [-0.39, 0.29) is 11.5 Å². The monoisotopic (exact) mass is 435 g/mol. The topological polar surface area (TPSA) is 76.1 Å². The van der Waals surface area contributed by atoms with Crippen molar-refractivity contribution in [2.75, 3.05) is 18.6 Å². The molecule has 8 heteroatoms. The normalized spacial score (nSPS) is 18.3. The first-order valence-corrected chi connectivity index (χ1v) is 10.8. The minimum atomic E-state index is -1.03. The second-order valence-electron chi connectivity index (χ2n) is 7.23. The number of alkyl halides is 1. The molecule has 1 saturated heterocycles. The number of ether oxygens (including phenoxy) is 2. The van der Waals surface area contributed by atoms with Crippen molar-refractivity contribution in [1.29, 1.82) is 0 Å². The van der Waals surface area contributed by atoms with Crippen LogP contribution in [0, 0.1) is 0 Å². The fraction of sp³-hybridized carbons (Fsp3) is 0.455. The van der Waals surface area contributed by atoms with Gasteiger partial charge in [-0.15, -0.1) is 11.3 Å². The lowest BCUT2D eigenvalue weighted by Crippen LogP contribution is -2.38. The smallest absolute Gasteiger partial charge is 0.414 e. The molecule has 1 amide bonds. The van der Waals surface area contributed by atoms with E-state index in [1.807, 2.05) is 0 Å². The number of carboxylic acids is 1. The van der Waals surface area contributed by atoms with Gasteiger partial charge in [0, 0.05) is 17.7 Å². The predicted octanol–water partition coefficient (Wildman–Crippen LogP) is 5.75. The molecule has 0 saturated carbocycles. The zero-order chi connectivity index (χ0) is 21.7. The summed E-state index contributed by atoms with van der Waals surface area (Å²) in [5, 5.41) is 9.18. The van der Waals surface area contributed by atoms with Gasteiger partial charge in [-0.2, -0.15) is 0 Å². The molecule has 0 spiro atoms. The number of anilines is 1. The molecule has 2 heterocycles. The van der Waals surface area contributed by atoms with Crippen molar-refractivity contribution in [1.82, 2.24) is 0 Å². The van der Waals surface area contributed by atoms with E-state index in [0.29, 0.717) is 22.5 Å². The molecule has 30 heavy (non-hydrogen) atoms. The number of benzene rings is 1. The maximum absolute atomic E-state index is 14.4. The van der Waals surface area contributed by atoms with E-state index in [1.165, 1.54) is 18.1 Å². The van der Waals surface area contributed by atoms with Crippen LogP contribution in [0.5, 0.6) is 0 Å². The summed E-state index contributed by atoms with van der Waals surface area (Å²) in [7, 11) is 1.51. The van der Waals surface area contributed by atoms with Gasteiger partial charge in [-0.05, 0) is 36.2 Å². The Kier molecular flexibility index (Phi) is 7.44. The lowest BCUT2D eigenvalue weighted by molar-refractivity contribution is 0.0702. The van der Waals surface area contributed by atoms with Crippen molar-refractivity contribution in [3.8, 4) is 0 Å². The molecule has 0 bridgehead atoms. The largest absolute Gasteiger partial charge is 0.477 e. The predicted molar refractivity (Wildman–Crippen MR) is 113 cm³/mol. The Bertz CT molecular complexity index is 869. The molecule has 1 aliphatic heterocycles. The van der Waals surface area contributed by atoms with E-state index in [4.69, 9.17) is 9.47 Å². The number of halogens is 1. The average Bonchev–Trinajstić information content (AvgIpc) is 3.37. The number of cyclic esters (lactones) is 1. The Morgan fingerprint density at radius 3 is 2.63 bits per heavy atom. The van der Waals surface area contributed by atoms with Crippen molar-refractivity contribution < 1.29 is 28.6 Å². The number of carbonyl (C=O) groups is 2. The van der Waals surface area contributed by atoms with Gasteiger partial charge in [0.25, 0.3) is 0 Å². The van der Waals surface area contributed by atoms with Crippen LogP contribution < -0.4 is 4.90 Å². The number of amides is 1. The summed E-state index contributed by atoms with van der Waals surface area (Å²) in [6.45, 7) is 2.20. The van der Waals surface area contributed by atoms with Crippen molar-refractivity contribution >= 4 is 29.1 Å². The van der Waals surface area contributed by atoms with Gasteiger partial charge in [0.2, 0.25) is 0 Å². The Labute approximate surface area is 179 Å². The molecule has 2 unspecified atom stereocenters. The van der Waals surface area contributed by atoms with Gasteiger partial charge >= 0.3 is 12.1 Å². The molecule has 3 atom stereocenters. The molecule has 0 aliphatic carbocycles. The molecule has 1 fully saturated rings. The number of hydrogen-bond donors (Lipinski definition) is 1. The summed E-state index contributed by atoms with van der Waals surface area (Å²) in [6, 6.07) is 9.57. The maximum Gasteiger partial charge on any atom is 0.414 e. The van der Waals surface area contributed by atoms with E-state index in [1.54, 1.807) is 30.3 Å². The molecular weight excluding hydrogens is 409 g/mol. The highest BCUT2D eigenvalue weighted by molar-refractivity contribution is 7.14. The third-order valence-corrected chi connectivity index (χ3v) is 6.36. The second kappa shape index (κ2) is 10.0. The molecule has 162 valence electrons. The summed E-state index contributed by atoms with van der Waals surface area (Å²) in [5.74, 6) is -1.01. The van der Waals surface area contributed by atoms with Crippen LogP contribution in [0.1, 0.15) is 65.0 Å². The summed E-state index contributed by atoms with van der Waals surface area (Å²) in [5.41, 5.74) is 1.18. The fourth-order valence-electron chi connectivity index (χ4n) is 3.62. The Morgan fingerprint density at radius 1 is 1.30 bits per heavy atom. The first-order chi connectivity index (χ1) is 14.5. The van der Waals surface area contributed by atoms with Crippen molar-refractivity contribution in [2.45, 2.75) is 50.9 Å². The number of nitrogens with zero attached hydrogens (tertiary/aromatic N) is 1. The van der Waals surface area contributed by atoms with Gasteiger partial charge in [0.05, 0.1) is 0 Å². The van der Waals surface area contributed by atoms with Crippen LogP contribution in [-0.4, -0.2) is 36.9 Å². The van der Waals surface area contributed by atoms with Crippen LogP contribution in [-0.2, 0) is 9.47 Å². The standard InChI is InChI=1S/C22H26FNO5S/c1-3-4-5-6-16(23)14-7-9-15(10-8-14)24-17(13-29-22(24)27)20(28-2)18-11-12-19(30-18)21(25)26/h7-12,16-17,20H,3-6,13H2,1-2H3,(H,25,26)/t16?,17?,20-/m0/s1. The highest BCUT2D eigenvalue weighted by Crippen LogP contribution is 2.36. The quantitative estimate of drug-likeness (QED) is 0.481. The number of thiophene rings is 1. The minimum Gasteiger partial charge on any atom is -0.477 e. The molecule has 1 aromatic carbocycles. The Morgan fingerprint density at radius 2 is 2.03 bits per heavy atom. The van der Waals surface area contributed by atoms with Crippen molar-refractivity contribution in [3.63, 3.8) is 0 Å². The van der Waals surface area contributed by atoms with Crippen LogP contribution >= 0.6 is 11.3 Å². The molecule has 2 aromatic rings. The van der Waals surface area contributed by atoms with Gasteiger partial charge in [-0.25, -0.2) is 14.0 Å². The number of methoxy groups -OCH3 is 1. The minimum absolute atomic E-state index is 0.113. The second-order valence-corrected chi connectivity index (χ2v) is 8.35. The summed E-state index contributed by atoms with van der Waals surface area (Å²) in [4.78, 5) is 26.0. The zero-order valence-electron chi connectivity index (χ0n) is 17.0. The Hall–Kier alpha value is -2.45. The van der Waals surface area contributed by atoms with E-state index in [0.717, 1.165) is 30.6 Å². The number of carbonyl (C=O) groups excluding carboxylic acids is 1. The molecule has 1 aliphatic rings. The zero-order valence-corrected chi connectivity index (χ0v) is 17.9. The first kappa shape index (κ1) is 22.2. The third-order valence-electron chi connectivity index (χ3n) is 5.22. The average molecular weight is 436 g/mol. The number of rotatable bonds is 10. The van der Waals surface area contributed by atoms with Crippen molar-refractivity contribution in [2.24, 2.45) is 0 Å². The third kappa shape index (κ3) is 4.82. The summed E-state index contributed by atoms with van der Waals surface area (Å²) < 4.78 is 25.3. The lowest BCUT2D eigenvalue weighted by Gasteiger charge is -2.27. The molecule has 3 rings (SSSR count). The van der Waals surface area contributed by atoms with Gasteiger partial charge < -0.3 is 14.6 Å². The molecule has 6 nitrogen and oxygen atoms in total. The van der Waals surface area contributed by atoms with Crippen LogP contribution in [0.25, 0.3) is 0 Å². The lowest BCUT2D eigenvalue weighted by atomic mass is 10.0. The number of aromatic carboxylic acids is 1. The highest BCUT2D eigenvalue weighted by atomic mass is 32.1. The first-order valence-electron chi connectivity index (χ1n) is 10.0. The van der Waals surface area contributed by atoms with E-state index in [2.05, 4.69) is 6.92 Å². The fourth-order valence-corrected chi connectivity index (χ4v) is 4.61. The molecule has 1 N–H and O–H groups in total. The molecule has 0 radical (unpaired) electrons. The van der Waals surface area contributed by atoms with Gasteiger partial charge in [0.15, 0.2) is 0 Å². The van der Waals surface area contributed by atoms with Gasteiger partial charge in [0.1, 0.15) is 29.8 Å². The van der Waals surface area contributed by atoms with Crippen molar-refractivity contribution in [3.05, 3.63) is 51.7 Å². The number of unbranched alkanes of at least 4 members (excludes halogenated alkanes) is 2. The Balaban J connectivity index is 1.79. The van der Waals surface area contributed by atoms with E-state index < -0.39 is 30.4 Å². The number of carboxylic acid groups (broad SMARTS) is 1. The van der Waals surface area contributed by atoms with E-state index >= 15 is 0 Å². The van der Waals surface area contributed by atoms with Gasteiger partial charge in [-0.1, -0.05) is 38.3 Å². The van der Waals surface area contributed by atoms with Crippen LogP contribution in [0.4, 0.5) is 14.9 Å². The maximum atomic E-state index is 14.4. The summed E-state index contributed by atoms with van der Waals surface area (Å²) >= 11 is 1.11. The molecular formula is C22H26FNO5S. The highest BCUT2D eigenvalue weighted by Gasteiger charge is 2.41.